The van der Waals surface area contributed by atoms with E-state index in [9.17, 15) is 23.1 Å². The molecular formula is C26H26F3N5O4. The number of hydrogen-bond acceptors (Lipinski definition) is 8. The number of aliphatic hydroxyl groups excluding tert-OH is 1. The van der Waals surface area contributed by atoms with Crippen molar-refractivity contribution in [2.45, 2.75) is 31.7 Å². The van der Waals surface area contributed by atoms with Gasteiger partial charge in [0.25, 0.3) is 5.91 Å². The van der Waals surface area contributed by atoms with Gasteiger partial charge >= 0.3 is 6.18 Å². The van der Waals surface area contributed by atoms with Crippen LogP contribution >= 0.6 is 0 Å². The van der Waals surface area contributed by atoms with Crippen molar-refractivity contribution in [3.63, 3.8) is 0 Å². The van der Waals surface area contributed by atoms with Crippen molar-refractivity contribution in [2.75, 3.05) is 43.2 Å². The van der Waals surface area contributed by atoms with Crippen molar-refractivity contribution in [3.8, 4) is 11.1 Å². The molecule has 0 unspecified atom stereocenters. The standard InChI is InChI=1S/C26H26F3N5O4/c1-15-2-3-18(32-25(36)17-9-23(26(27,28)29)33-31-13-17)10-20(15)16-8-21-24(30-12-16)22(38-7-5-35)11-19-14-37-6-4-34(19)21/h2-3,8-10,12-13,19,22,35H,4-7,11,14H2,1H3,(H,32,36)/t19-,22-/m1/s1. The van der Waals surface area contributed by atoms with Crippen LogP contribution in [-0.2, 0) is 15.7 Å². The number of morpholine rings is 1. The average molecular weight is 530 g/mol. The van der Waals surface area contributed by atoms with Gasteiger partial charge < -0.3 is 24.8 Å². The highest BCUT2D eigenvalue weighted by atomic mass is 19.4. The number of nitrogens with one attached hydrogen (secondary N) is 1. The van der Waals surface area contributed by atoms with Gasteiger partial charge in [0.2, 0.25) is 0 Å². The number of carbonyl (C=O) groups is 1. The summed E-state index contributed by atoms with van der Waals surface area (Å²) in [6.45, 7) is 3.93. The number of alkyl halides is 3. The third kappa shape index (κ3) is 5.33. The van der Waals surface area contributed by atoms with Crippen LogP contribution in [0, 0.1) is 6.92 Å². The predicted molar refractivity (Wildman–Crippen MR) is 132 cm³/mol. The molecule has 2 aliphatic heterocycles. The summed E-state index contributed by atoms with van der Waals surface area (Å²) in [7, 11) is 0. The SMILES string of the molecule is Cc1ccc(NC(=O)c2cnnc(C(F)(F)F)c2)cc1-c1cnc2c(c1)N1CCOC[C@H]1C[C@H]2OCCO. The van der Waals surface area contributed by atoms with E-state index in [1.54, 1.807) is 18.3 Å². The highest BCUT2D eigenvalue weighted by Gasteiger charge is 2.36. The summed E-state index contributed by atoms with van der Waals surface area (Å²) < 4.78 is 50.5. The Morgan fingerprint density at radius 1 is 1.26 bits per heavy atom. The number of aromatic nitrogens is 3. The Hall–Kier alpha value is -3.61. The van der Waals surface area contributed by atoms with Crippen molar-refractivity contribution in [2.24, 2.45) is 0 Å². The van der Waals surface area contributed by atoms with Gasteiger partial charge in [-0.2, -0.15) is 18.3 Å². The monoisotopic (exact) mass is 529 g/mol. The first-order chi connectivity index (χ1) is 18.2. The summed E-state index contributed by atoms with van der Waals surface area (Å²) in [6.07, 6.45) is -1.54. The topological polar surface area (TPSA) is 110 Å². The second-order valence-corrected chi connectivity index (χ2v) is 9.18. The van der Waals surface area contributed by atoms with E-state index in [4.69, 9.17) is 14.5 Å². The van der Waals surface area contributed by atoms with Crippen LogP contribution in [0.25, 0.3) is 11.1 Å². The van der Waals surface area contributed by atoms with E-state index in [1.165, 1.54) is 0 Å². The second kappa shape index (κ2) is 10.6. The number of pyridine rings is 1. The molecule has 0 bridgehead atoms. The van der Waals surface area contributed by atoms with Gasteiger partial charge in [0, 0.05) is 30.4 Å². The van der Waals surface area contributed by atoms with Crippen LogP contribution in [0.5, 0.6) is 0 Å². The number of anilines is 2. The van der Waals surface area contributed by atoms with Crippen molar-refractivity contribution in [1.82, 2.24) is 15.2 Å². The van der Waals surface area contributed by atoms with Gasteiger partial charge in [-0.05, 0) is 42.3 Å². The molecule has 2 aliphatic rings. The highest BCUT2D eigenvalue weighted by molar-refractivity contribution is 6.04. The highest BCUT2D eigenvalue weighted by Crippen LogP contribution is 2.41. The van der Waals surface area contributed by atoms with Gasteiger partial charge in [-0.3, -0.25) is 9.78 Å². The quantitative estimate of drug-likeness (QED) is 0.497. The van der Waals surface area contributed by atoms with Gasteiger partial charge in [-0.15, -0.1) is 5.10 Å². The van der Waals surface area contributed by atoms with E-state index in [-0.39, 0.29) is 30.9 Å². The summed E-state index contributed by atoms with van der Waals surface area (Å²) >= 11 is 0. The van der Waals surface area contributed by atoms with Crippen molar-refractivity contribution >= 4 is 17.3 Å². The van der Waals surface area contributed by atoms with Gasteiger partial charge in [-0.25, -0.2) is 0 Å². The van der Waals surface area contributed by atoms with E-state index in [2.05, 4.69) is 20.4 Å². The molecule has 1 saturated heterocycles. The Labute approximate surface area is 216 Å². The third-order valence-corrected chi connectivity index (χ3v) is 6.65. The van der Waals surface area contributed by atoms with Gasteiger partial charge in [0.15, 0.2) is 5.69 Å². The fourth-order valence-corrected chi connectivity index (χ4v) is 4.80. The molecule has 3 aromatic rings. The molecule has 2 atom stereocenters. The fourth-order valence-electron chi connectivity index (χ4n) is 4.80. The van der Waals surface area contributed by atoms with Crippen molar-refractivity contribution < 1.29 is 32.5 Å². The molecule has 4 heterocycles. The number of rotatable bonds is 6. The van der Waals surface area contributed by atoms with E-state index >= 15 is 0 Å². The lowest BCUT2D eigenvalue weighted by Gasteiger charge is -2.44. The lowest BCUT2D eigenvalue weighted by molar-refractivity contribution is -0.141. The normalized spacial score (nSPS) is 19.0. The summed E-state index contributed by atoms with van der Waals surface area (Å²) in [5, 5.41) is 18.3. The van der Waals surface area contributed by atoms with Crippen LogP contribution in [0.4, 0.5) is 24.5 Å². The number of amides is 1. The summed E-state index contributed by atoms with van der Waals surface area (Å²) in [5.41, 5.74) is 3.20. The second-order valence-electron chi connectivity index (χ2n) is 9.18. The van der Waals surface area contributed by atoms with E-state index < -0.39 is 17.8 Å². The maximum absolute atomic E-state index is 13.0. The number of aliphatic hydroxyl groups is 1. The maximum Gasteiger partial charge on any atom is 0.435 e. The first-order valence-corrected chi connectivity index (χ1v) is 12.1. The zero-order chi connectivity index (χ0) is 26.9. The van der Waals surface area contributed by atoms with E-state index in [0.717, 1.165) is 34.3 Å². The molecular weight excluding hydrogens is 503 g/mol. The number of benzene rings is 1. The van der Waals surface area contributed by atoms with Crippen molar-refractivity contribution in [3.05, 3.63) is 65.2 Å². The molecule has 5 rings (SSSR count). The number of aryl methyl sites for hydroxylation is 1. The molecule has 0 radical (unpaired) electrons. The summed E-state index contributed by atoms with van der Waals surface area (Å²) in [5.74, 6) is -0.733. The molecule has 0 aliphatic carbocycles. The Kier molecular flexibility index (Phi) is 7.28. The van der Waals surface area contributed by atoms with Gasteiger partial charge in [-0.1, -0.05) is 6.07 Å². The lowest BCUT2D eigenvalue weighted by Crippen LogP contribution is -2.49. The smallest absolute Gasteiger partial charge is 0.394 e. The van der Waals surface area contributed by atoms with Crippen LogP contribution < -0.4 is 10.2 Å². The number of carbonyl (C=O) groups excluding carboxylic acids is 1. The fraction of sp³-hybridized carbons (Fsp3) is 0.385. The molecule has 38 heavy (non-hydrogen) atoms. The largest absolute Gasteiger partial charge is 0.435 e. The van der Waals surface area contributed by atoms with Crippen LogP contribution in [0.3, 0.4) is 0 Å². The zero-order valence-corrected chi connectivity index (χ0v) is 20.5. The van der Waals surface area contributed by atoms with Crippen LogP contribution in [0.1, 0.15) is 39.8 Å². The molecule has 1 aromatic carbocycles. The van der Waals surface area contributed by atoms with Crippen LogP contribution in [0.2, 0.25) is 0 Å². The summed E-state index contributed by atoms with van der Waals surface area (Å²) in [6, 6.07) is 8.08. The van der Waals surface area contributed by atoms with Crippen molar-refractivity contribution in [1.29, 1.82) is 0 Å². The minimum Gasteiger partial charge on any atom is -0.394 e. The third-order valence-electron chi connectivity index (χ3n) is 6.65. The number of hydrogen-bond donors (Lipinski definition) is 2. The molecule has 9 nitrogen and oxygen atoms in total. The van der Waals surface area contributed by atoms with E-state index in [0.29, 0.717) is 37.9 Å². The Morgan fingerprint density at radius 2 is 2.11 bits per heavy atom. The van der Waals surface area contributed by atoms with E-state index in [1.807, 2.05) is 19.1 Å². The van der Waals surface area contributed by atoms with Crippen LogP contribution in [0.15, 0.2) is 42.7 Å². The number of halogens is 3. The zero-order valence-electron chi connectivity index (χ0n) is 20.5. The van der Waals surface area contributed by atoms with Crippen LogP contribution in [-0.4, -0.2) is 65.2 Å². The predicted octanol–water partition coefficient (Wildman–Crippen LogP) is 3.78. The molecule has 12 heteroatoms. The Balaban J connectivity index is 1.44. The number of fused-ring (bicyclic) bond motifs is 3. The minimum absolute atomic E-state index is 0.0838. The first-order valence-electron chi connectivity index (χ1n) is 12.1. The molecule has 0 saturated carbocycles. The molecule has 0 spiro atoms. The Morgan fingerprint density at radius 3 is 2.89 bits per heavy atom. The summed E-state index contributed by atoms with van der Waals surface area (Å²) in [4.78, 5) is 19.7. The minimum atomic E-state index is -4.71. The molecule has 1 amide bonds. The first kappa shape index (κ1) is 26.0. The lowest BCUT2D eigenvalue weighted by atomic mass is 9.93. The molecule has 2 aromatic heterocycles. The maximum atomic E-state index is 13.0. The van der Waals surface area contributed by atoms with Gasteiger partial charge in [0.05, 0.1) is 55.6 Å². The number of nitrogens with zero attached hydrogens (tertiary/aromatic N) is 4. The molecule has 1 fully saturated rings. The van der Waals surface area contributed by atoms with Gasteiger partial charge in [0.1, 0.15) is 6.10 Å². The Bertz CT molecular complexity index is 1340. The molecule has 2 N–H and O–H groups in total. The number of ether oxygens (including phenoxy) is 2. The average Bonchev–Trinajstić information content (AvgIpc) is 2.92. The molecule has 200 valence electrons.